The summed E-state index contributed by atoms with van der Waals surface area (Å²) in [5.41, 5.74) is 0. The Hall–Kier alpha value is -0.120. The van der Waals surface area contributed by atoms with Crippen molar-refractivity contribution in [2.24, 2.45) is 35.5 Å². The average Bonchev–Trinajstić information content (AvgIpc) is 3.07. The minimum Gasteiger partial charge on any atom is -0.304 e. The van der Waals surface area contributed by atoms with Gasteiger partial charge in [0.25, 0.3) is 0 Å². The van der Waals surface area contributed by atoms with Gasteiger partial charge in [0.05, 0.1) is 0 Å². The van der Waals surface area contributed by atoms with Crippen LogP contribution in [0.25, 0.3) is 0 Å². The molecule has 6 atom stereocenters. The fraction of sp³-hybridized carbons (Fsp3) is 1.00. The van der Waals surface area contributed by atoms with Gasteiger partial charge in [-0.1, -0.05) is 168 Å². The molecule has 0 N–H and O–H groups in total. The summed E-state index contributed by atoms with van der Waals surface area (Å²) in [5.74, 6) is 5.43. The van der Waals surface area contributed by atoms with E-state index < -0.39 is 0 Å². The van der Waals surface area contributed by atoms with E-state index in [1.807, 2.05) is 41.5 Å². The number of nitrogens with zero attached hydrogens (tertiary/aromatic N) is 3. The normalized spacial score (nSPS) is 21.5. The van der Waals surface area contributed by atoms with Crippen LogP contribution in [0.1, 0.15) is 174 Å². The maximum atomic E-state index is 2.44. The molecule has 0 bridgehead atoms. The fourth-order valence-electron chi connectivity index (χ4n) is 5.02. The van der Waals surface area contributed by atoms with Gasteiger partial charge in [-0.3, -0.25) is 0 Å². The van der Waals surface area contributed by atoms with Crippen LogP contribution in [0.4, 0.5) is 0 Å². The van der Waals surface area contributed by atoms with Gasteiger partial charge in [-0.25, -0.2) is 0 Å². The van der Waals surface area contributed by atoms with E-state index >= 15 is 0 Å². The molecule has 0 aliphatic heterocycles. The molecule has 3 heteroatoms. The molecule has 0 amide bonds. The van der Waals surface area contributed by atoms with Crippen molar-refractivity contribution in [3.8, 4) is 0 Å². The minimum atomic E-state index is 0. The summed E-state index contributed by atoms with van der Waals surface area (Å²) >= 11 is 0. The highest BCUT2D eigenvalue weighted by molar-refractivity contribution is 4.83. The molecule has 1 rings (SSSR count). The molecule has 43 heavy (non-hydrogen) atoms. The topological polar surface area (TPSA) is 9.72 Å². The van der Waals surface area contributed by atoms with Gasteiger partial charge in [-0.15, -0.1) is 0 Å². The molecular formula is C40H101N3. The van der Waals surface area contributed by atoms with Gasteiger partial charge in [0.15, 0.2) is 0 Å². The lowest BCUT2D eigenvalue weighted by molar-refractivity contribution is 0.199. The SMILES string of the molecule is C.C.C.CC.CC.CC.CCN(CC)CC.CCN(CC)CC.CCN(CC)CC.C[C@@H]1[C@H](C)[C@H](C)[C@H](C)C[C@H](C)[C@@H]1C. The second-order valence-corrected chi connectivity index (χ2v) is 10.5. The Morgan fingerprint density at radius 2 is 0.465 bits per heavy atom. The van der Waals surface area contributed by atoms with Crippen molar-refractivity contribution in [1.29, 1.82) is 0 Å². The van der Waals surface area contributed by atoms with Gasteiger partial charge in [0.2, 0.25) is 0 Å². The maximum Gasteiger partial charge on any atom is -0.00474 e. The highest BCUT2D eigenvalue weighted by atomic mass is 15.1. The van der Waals surface area contributed by atoms with Crippen molar-refractivity contribution in [3.63, 3.8) is 0 Å². The van der Waals surface area contributed by atoms with E-state index in [2.05, 4.69) is 119 Å². The summed E-state index contributed by atoms with van der Waals surface area (Å²) < 4.78 is 0. The Morgan fingerprint density at radius 3 is 0.558 bits per heavy atom. The lowest BCUT2D eigenvalue weighted by Gasteiger charge is -2.29. The smallest absolute Gasteiger partial charge is 0.00474 e. The van der Waals surface area contributed by atoms with Gasteiger partial charge in [0.1, 0.15) is 0 Å². The summed E-state index contributed by atoms with van der Waals surface area (Å²) in [7, 11) is 0. The van der Waals surface area contributed by atoms with Gasteiger partial charge >= 0.3 is 0 Å². The van der Waals surface area contributed by atoms with E-state index in [1.54, 1.807) is 0 Å². The standard InChI is InChI=1S/C13H26.3C6H15N.3C2H6.3CH4/c1-8-7-9(2)11(4)13(6)12(5)10(8)3;3*1-4-7(5-2)6-3;3*1-2;;;/h8-13H,7H2,1-6H3;3*4-6H2,1-3H3;3*1-2H3;3*1H4/t8-,9+,10-,11+,12-,13+;;;;;;;;;. The first kappa shape index (κ1) is 65.5. The molecule has 1 aliphatic carbocycles. The van der Waals surface area contributed by atoms with Gasteiger partial charge in [-0.05, 0) is 101 Å². The fourth-order valence-corrected chi connectivity index (χ4v) is 5.02. The molecule has 276 valence electrons. The minimum absolute atomic E-state index is 0. The van der Waals surface area contributed by atoms with E-state index in [-0.39, 0.29) is 22.3 Å². The van der Waals surface area contributed by atoms with Crippen LogP contribution in [-0.4, -0.2) is 73.6 Å². The van der Waals surface area contributed by atoms with E-state index in [0.717, 1.165) is 35.5 Å². The van der Waals surface area contributed by atoms with Crippen LogP contribution in [0.5, 0.6) is 0 Å². The van der Waals surface area contributed by atoms with E-state index in [1.165, 1.54) is 65.3 Å². The molecule has 0 aromatic carbocycles. The molecular weight excluding hydrogens is 522 g/mol. The largest absolute Gasteiger partial charge is 0.304 e. The summed E-state index contributed by atoms with van der Waals surface area (Å²) in [5, 5.41) is 0. The van der Waals surface area contributed by atoms with E-state index in [9.17, 15) is 0 Å². The second-order valence-electron chi connectivity index (χ2n) is 10.5. The van der Waals surface area contributed by atoms with Crippen molar-refractivity contribution in [2.75, 3.05) is 58.9 Å². The molecule has 0 spiro atoms. The molecule has 0 radical (unpaired) electrons. The van der Waals surface area contributed by atoms with Gasteiger partial charge < -0.3 is 14.7 Å². The van der Waals surface area contributed by atoms with E-state index in [0.29, 0.717) is 0 Å². The summed E-state index contributed by atoms with van der Waals surface area (Å²) in [6.45, 7) is 57.0. The van der Waals surface area contributed by atoms with Crippen molar-refractivity contribution < 1.29 is 0 Å². The van der Waals surface area contributed by atoms with Crippen LogP contribution in [0.3, 0.4) is 0 Å². The van der Waals surface area contributed by atoms with Gasteiger partial charge in [-0.2, -0.15) is 0 Å². The molecule has 0 unspecified atom stereocenters. The first-order chi connectivity index (χ1) is 19.0. The van der Waals surface area contributed by atoms with Crippen molar-refractivity contribution in [1.82, 2.24) is 14.7 Å². The summed E-state index contributed by atoms with van der Waals surface area (Å²) in [6.07, 6.45) is 1.43. The van der Waals surface area contributed by atoms with Crippen molar-refractivity contribution in [2.45, 2.75) is 174 Å². The lowest BCUT2D eigenvalue weighted by Crippen LogP contribution is -2.22. The zero-order valence-corrected chi connectivity index (χ0v) is 32.9. The zero-order valence-electron chi connectivity index (χ0n) is 32.9. The Labute approximate surface area is 282 Å². The molecule has 3 nitrogen and oxygen atoms in total. The predicted octanol–water partition coefficient (Wildman–Crippen LogP) is 13.2. The molecule has 0 aromatic heterocycles. The van der Waals surface area contributed by atoms with E-state index in [4.69, 9.17) is 0 Å². The second kappa shape index (κ2) is 51.5. The zero-order chi connectivity index (χ0) is 33.3. The predicted molar refractivity (Wildman–Crippen MR) is 214 cm³/mol. The van der Waals surface area contributed by atoms with Crippen LogP contribution in [0.2, 0.25) is 0 Å². The summed E-state index contributed by atoms with van der Waals surface area (Å²) in [6, 6.07) is 0. The Bertz CT molecular complexity index is 326. The molecule has 1 saturated carbocycles. The molecule has 1 aliphatic rings. The monoisotopic (exact) mass is 624 g/mol. The van der Waals surface area contributed by atoms with Crippen LogP contribution >= 0.6 is 0 Å². The summed E-state index contributed by atoms with van der Waals surface area (Å²) in [4.78, 5) is 7.12. The quantitative estimate of drug-likeness (QED) is 0.237. The highest BCUT2D eigenvalue weighted by Crippen LogP contribution is 2.41. The third kappa shape index (κ3) is 38.0. The molecule has 0 heterocycles. The number of hydrogen-bond acceptors (Lipinski definition) is 3. The Kier molecular flexibility index (Phi) is 78.4. The third-order valence-corrected chi connectivity index (χ3v) is 9.05. The van der Waals surface area contributed by atoms with Crippen LogP contribution in [0, 0.1) is 35.5 Å². The number of hydrogen-bond donors (Lipinski definition) is 0. The third-order valence-electron chi connectivity index (χ3n) is 9.05. The Morgan fingerprint density at radius 1 is 0.326 bits per heavy atom. The first-order valence-electron chi connectivity index (χ1n) is 18.2. The van der Waals surface area contributed by atoms with Crippen LogP contribution in [-0.2, 0) is 0 Å². The first-order valence-corrected chi connectivity index (χ1v) is 18.2. The average molecular weight is 624 g/mol. The molecule has 1 fully saturated rings. The lowest BCUT2D eigenvalue weighted by atomic mass is 9.77. The van der Waals surface area contributed by atoms with Crippen molar-refractivity contribution in [3.05, 3.63) is 0 Å². The molecule has 0 saturated heterocycles. The van der Waals surface area contributed by atoms with Crippen LogP contribution in [0.15, 0.2) is 0 Å². The Balaban J connectivity index is -0.0000000489. The molecule has 0 aromatic rings. The van der Waals surface area contributed by atoms with Crippen LogP contribution < -0.4 is 0 Å². The highest BCUT2D eigenvalue weighted by Gasteiger charge is 2.34. The maximum absolute atomic E-state index is 2.44. The van der Waals surface area contributed by atoms with Gasteiger partial charge in [0, 0.05) is 0 Å². The van der Waals surface area contributed by atoms with Crippen molar-refractivity contribution >= 4 is 0 Å². The number of rotatable bonds is 9.